The Balaban J connectivity index is 1.50. The topological polar surface area (TPSA) is 103 Å². The zero-order chi connectivity index (χ0) is 27.5. The third-order valence-electron chi connectivity index (χ3n) is 6.90. The SMILES string of the molecule is CNC(=O)c1cc(-c2nc(N)ncc2C#Cc2ccc(N3CCN(C)CC3)cc2)[nH]c1-c1cc(Cl)ccc1C. The van der Waals surface area contributed by atoms with Crippen LogP contribution in [0.25, 0.3) is 22.6 Å². The van der Waals surface area contributed by atoms with Crippen LogP contribution in [0.5, 0.6) is 0 Å². The van der Waals surface area contributed by atoms with E-state index in [9.17, 15) is 4.79 Å². The van der Waals surface area contributed by atoms with Crippen LogP contribution in [0.1, 0.15) is 27.0 Å². The number of aromatic nitrogens is 3. The molecule has 0 aliphatic carbocycles. The molecule has 39 heavy (non-hydrogen) atoms. The van der Waals surface area contributed by atoms with Gasteiger partial charge in [0.05, 0.1) is 22.5 Å². The van der Waals surface area contributed by atoms with E-state index in [0.29, 0.717) is 33.2 Å². The van der Waals surface area contributed by atoms with Crippen LogP contribution < -0.4 is 16.0 Å². The maximum absolute atomic E-state index is 12.8. The van der Waals surface area contributed by atoms with Gasteiger partial charge in [0, 0.05) is 61.3 Å². The summed E-state index contributed by atoms with van der Waals surface area (Å²) in [6.45, 7) is 6.10. The van der Waals surface area contributed by atoms with Gasteiger partial charge in [-0.2, -0.15) is 0 Å². The second-order valence-corrected chi connectivity index (χ2v) is 10.0. The van der Waals surface area contributed by atoms with Crippen molar-refractivity contribution in [3.63, 3.8) is 0 Å². The third-order valence-corrected chi connectivity index (χ3v) is 7.13. The predicted octanol–water partition coefficient (Wildman–Crippen LogP) is 4.19. The number of nitrogens with zero attached hydrogens (tertiary/aromatic N) is 4. The summed E-state index contributed by atoms with van der Waals surface area (Å²) in [6.07, 6.45) is 1.61. The molecule has 2 aromatic carbocycles. The molecule has 1 saturated heterocycles. The van der Waals surface area contributed by atoms with Crippen LogP contribution in [0, 0.1) is 18.8 Å². The summed E-state index contributed by atoms with van der Waals surface area (Å²) < 4.78 is 0. The van der Waals surface area contributed by atoms with E-state index < -0.39 is 0 Å². The van der Waals surface area contributed by atoms with Gasteiger partial charge in [-0.1, -0.05) is 29.5 Å². The van der Waals surface area contributed by atoms with E-state index in [0.717, 1.165) is 42.9 Å². The molecule has 1 fully saturated rings. The average molecular weight is 540 g/mol. The van der Waals surface area contributed by atoms with Gasteiger partial charge in [-0.05, 0) is 62.0 Å². The van der Waals surface area contributed by atoms with Crippen molar-refractivity contribution in [2.75, 3.05) is 50.9 Å². The minimum absolute atomic E-state index is 0.114. The Labute approximate surface area is 233 Å². The largest absolute Gasteiger partial charge is 0.369 e. The van der Waals surface area contributed by atoms with Crippen LogP contribution >= 0.6 is 11.6 Å². The van der Waals surface area contributed by atoms with Gasteiger partial charge < -0.3 is 25.8 Å². The Kier molecular flexibility index (Phi) is 7.55. The first-order chi connectivity index (χ1) is 18.8. The number of likely N-dealkylation sites (N-methyl/N-ethyl adjacent to an activating group) is 1. The summed E-state index contributed by atoms with van der Waals surface area (Å²) >= 11 is 6.29. The second kappa shape index (κ2) is 11.2. The molecule has 0 unspecified atom stereocenters. The van der Waals surface area contributed by atoms with E-state index in [-0.39, 0.29) is 11.9 Å². The monoisotopic (exact) mass is 539 g/mol. The molecule has 1 aliphatic heterocycles. The Morgan fingerprint density at radius 1 is 1.08 bits per heavy atom. The first kappa shape index (κ1) is 26.3. The molecule has 4 aromatic rings. The normalized spacial score (nSPS) is 13.6. The maximum atomic E-state index is 12.8. The molecule has 198 valence electrons. The van der Waals surface area contributed by atoms with Gasteiger partial charge in [-0.15, -0.1) is 0 Å². The molecule has 0 atom stereocenters. The van der Waals surface area contributed by atoms with Gasteiger partial charge in [0.25, 0.3) is 5.91 Å². The smallest absolute Gasteiger partial charge is 0.253 e. The molecule has 0 bridgehead atoms. The van der Waals surface area contributed by atoms with Gasteiger partial charge >= 0.3 is 0 Å². The van der Waals surface area contributed by atoms with Crippen LogP contribution in [0.2, 0.25) is 5.02 Å². The van der Waals surface area contributed by atoms with E-state index in [1.165, 1.54) is 5.69 Å². The Bertz CT molecular complexity index is 1580. The van der Waals surface area contributed by atoms with Gasteiger partial charge in [-0.25, -0.2) is 9.97 Å². The van der Waals surface area contributed by atoms with E-state index in [4.69, 9.17) is 17.3 Å². The minimum Gasteiger partial charge on any atom is -0.369 e. The molecule has 1 amide bonds. The molecule has 8 nitrogen and oxygen atoms in total. The van der Waals surface area contributed by atoms with Crippen LogP contribution in [-0.2, 0) is 0 Å². The van der Waals surface area contributed by atoms with E-state index in [1.807, 2.05) is 37.3 Å². The van der Waals surface area contributed by atoms with E-state index in [1.54, 1.807) is 19.3 Å². The highest BCUT2D eigenvalue weighted by atomic mass is 35.5. The molecule has 0 saturated carbocycles. The molecule has 3 heterocycles. The van der Waals surface area contributed by atoms with Crippen molar-refractivity contribution < 1.29 is 4.79 Å². The summed E-state index contributed by atoms with van der Waals surface area (Å²) in [5.41, 5.74) is 12.6. The standard InChI is InChI=1S/C30H30ClN7O/c1-19-4-9-22(31)16-24(19)28-25(29(39)33-2)17-26(35-28)27-21(18-34-30(32)36-27)8-5-20-6-10-23(11-7-20)38-14-12-37(3)13-15-38/h4,6-7,9-11,16-18,35H,12-15H2,1-3H3,(H,33,39)(H2,32,34,36). The fourth-order valence-electron chi connectivity index (χ4n) is 4.62. The highest BCUT2D eigenvalue weighted by Crippen LogP contribution is 2.33. The number of anilines is 2. The lowest BCUT2D eigenvalue weighted by Gasteiger charge is -2.34. The van der Waals surface area contributed by atoms with Crippen molar-refractivity contribution in [1.29, 1.82) is 0 Å². The average Bonchev–Trinajstić information content (AvgIpc) is 3.39. The number of nitrogens with two attached hydrogens (primary N) is 1. The highest BCUT2D eigenvalue weighted by molar-refractivity contribution is 6.31. The maximum Gasteiger partial charge on any atom is 0.253 e. The number of halogens is 1. The predicted molar refractivity (Wildman–Crippen MR) is 157 cm³/mol. The first-order valence-corrected chi connectivity index (χ1v) is 13.1. The lowest BCUT2D eigenvalue weighted by molar-refractivity contribution is 0.0964. The molecular formula is C30H30ClN7O. The van der Waals surface area contributed by atoms with Crippen LogP contribution in [-0.4, -0.2) is 66.0 Å². The van der Waals surface area contributed by atoms with Gasteiger partial charge in [-0.3, -0.25) is 4.79 Å². The van der Waals surface area contributed by atoms with Crippen molar-refractivity contribution >= 4 is 29.1 Å². The number of carbonyl (C=O) groups is 1. The second-order valence-electron chi connectivity index (χ2n) is 9.59. The summed E-state index contributed by atoms with van der Waals surface area (Å²) in [5.74, 6) is 6.30. The van der Waals surface area contributed by atoms with Crippen LogP contribution in [0.4, 0.5) is 11.6 Å². The van der Waals surface area contributed by atoms with Crippen LogP contribution in [0.3, 0.4) is 0 Å². The van der Waals surface area contributed by atoms with Crippen LogP contribution in [0.15, 0.2) is 54.7 Å². The number of benzene rings is 2. The molecular weight excluding hydrogens is 510 g/mol. The Morgan fingerprint density at radius 2 is 1.82 bits per heavy atom. The number of H-pyrrole nitrogens is 1. The van der Waals surface area contributed by atoms with Crippen molar-refractivity contribution in [1.82, 2.24) is 25.2 Å². The Hall–Kier alpha value is -4.32. The zero-order valence-corrected chi connectivity index (χ0v) is 22.9. The van der Waals surface area contributed by atoms with Crippen molar-refractivity contribution in [3.05, 3.63) is 82.0 Å². The number of hydrogen-bond acceptors (Lipinski definition) is 6. The summed E-state index contributed by atoms with van der Waals surface area (Å²) in [5, 5.41) is 3.29. The van der Waals surface area contributed by atoms with Gasteiger partial charge in [0.2, 0.25) is 5.95 Å². The molecule has 4 N–H and O–H groups in total. The van der Waals surface area contributed by atoms with E-state index in [2.05, 4.69) is 61.1 Å². The molecule has 0 spiro atoms. The number of aryl methyl sites for hydroxylation is 1. The third kappa shape index (κ3) is 5.75. The lowest BCUT2D eigenvalue weighted by Crippen LogP contribution is -2.44. The number of amides is 1. The summed E-state index contributed by atoms with van der Waals surface area (Å²) in [7, 11) is 3.75. The summed E-state index contributed by atoms with van der Waals surface area (Å²) in [4.78, 5) is 29.5. The van der Waals surface area contributed by atoms with Gasteiger partial charge in [0.1, 0.15) is 5.69 Å². The number of nitrogen functional groups attached to an aromatic ring is 1. The Morgan fingerprint density at radius 3 is 2.54 bits per heavy atom. The molecule has 0 radical (unpaired) electrons. The number of hydrogen-bond donors (Lipinski definition) is 3. The quantitative estimate of drug-likeness (QED) is 0.336. The number of aromatic amines is 1. The fourth-order valence-corrected chi connectivity index (χ4v) is 4.80. The lowest BCUT2D eigenvalue weighted by atomic mass is 10.0. The van der Waals surface area contributed by atoms with Crippen molar-refractivity contribution in [2.24, 2.45) is 0 Å². The first-order valence-electron chi connectivity index (χ1n) is 12.7. The number of carbonyl (C=O) groups excluding carboxylic acids is 1. The number of rotatable bonds is 4. The van der Waals surface area contributed by atoms with E-state index >= 15 is 0 Å². The summed E-state index contributed by atoms with van der Waals surface area (Å²) in [6, 6.07) is 15.6. The number of nitrogens with one attached hydrogen (secondary N) is 2. The molecule has 1 aliphatic rings. The fraction of sp³-hybridized carbons (Fsp3) is 0.233. The van der Waals surface area contributed by atoms with Gasteiger partial charge in [0.15, 0.2) is 0 Å². The van der Waals surface area contributed by atoms with Crippen molar-refractivity contribution in [3.8, 4) is 34.5 Å². The minimum atomic E-state index is -0.234. The molecule has 9 heteroatoms. The molecule has 5 rings (SSSR count). The number of piperazine rings is 1. The molecule has 2 aromatic heterocycles. The van der Waals surface area contributed by atoms with Crippen molar-refractivity contribution in [2.45, 2.75) is 6.92 Å². The zero-order valence-electron chi connectivity index (χ0n) is 22.2. The highest BCUT2D eigenvalue weighted by Gasteiger charge is 2.21.